The van der Waals surface area contributed by atoms with Gasteiger partial charge in [0.2, 0.25) is 0 Å². The molecule has 7 heteroatoms. The topological polar surface area (TPSA) is 72.7 Å². The van der Waals surface area contributed by atoms with Crippen molar-refractivity contribution in [2.45, 2.75) is 38.0 Å². The Hall–Kier alpha value is -2.54. The second-order valence-corrected chi connectivity index (χ2v) is 7.69. The molecule has 0 aromatic carbocycles. The normalized spacial score (nSPS) is 15.1. The average molecular weight is 367 g/mol. The van der Waals surface area contributed by atoms with E-state index in [0.717, 1.165) is 34.8 Å². The van der Waals surface area contributed by atoms with Crippen molar-refractivity contribution < 1.29 is 4.79 Å². The van der Waals surface area contributed by atoms with E-state index in [1.165, 1.54) is 30.6 Å². The number of amides is 1. The lowest BCUT2D eigenvalue weighted by molar-refractivity contribution is 0.103. The molecule has 0 atom stereocenters. The van der Waals surface area contributed by atoms with E-state index in [0.29, 0.717) is 10.8 Å². The van der Waals surface area contributed by atoms with Gasteiger partial charge in [-0.2, -0.15) is 5.10 Å². The Bertz CT molecular complexity index is 896. The van der Waals surface area contributed by atoms with Crippen molar-refractivity contribution in [3.05, 3.63) is 47.5 Å². The van der Waals surface area contributed by atoms with Crippen LogP contribution in [-0.2, 0) is 7.05 Å². The molecule has 3 aromatic heterocycles. The highest BCUT2D eigenvalue weighted by Gasteiger charge is 2.23. The standard InChI is InChI=1S/C19H21N5OS/c1-24-12-15(17(23-24)13-5-3-2-4-6-13)22-18(25)16-11-21-19(26-16)14-7-9-20-10-8-14/h7-13H,2-6H2,1H3,(H,22,25). The molecular formula is C19H21N5OS. The van der Waals surface area contributed by atoms with E-state index in [-0.39, 0.29) is 5.91 Å². The number of nitrogens with zero attached hydrogens (tertiary/aromatic N) is 4. The molecule has 1 amide bonds. The molecule has 1 saturated carbocycles. The number of aryl methyl sites for hydroxylation is 1. The molecule has 1 aliphatic rings. The first-order chi connectivity index (χ1) is 12.7. The van der Waals surface area contributed by atoms with E-state index >= 15 is 0 Å². The summed E-state index contributed by atoms with van der Waals surface area (Å²) in [6.45, 7) is 0. The fraction of sp³-hybridized carbons (Fsp3) is 0.368. The molecule has 3 aromatic rings. The molecule has 1 aliphatic carbocycles. The first kappa shape index (κ1) is 16.9. The molecule has 0 unspecified atom stereocenters. The molecule has 0 spiro atoms. The monoisotopic (exact) mass is 367 g/mol. The Morgan fingerprint density at radius 3 is 2.77 bits per heavy atom. The number of pyridine rings is 1. The number of carbonyl (C=O) groups excluding carboxylic acids is 1. The third-order valence-electron chi connectivity index (χ3n) is 4.75. The van der Waals surface area contributed by atoms with Crippen molar-refractivity contribution in [2.75, 3.05) is 5.32 Å². The third kappa shape index (κ3) is 3.53. The van der Waals surface area contributed by atoms with Crippen molar-refractivity contribution >= 4 is 22.9 Å². The number of hydrogen-bond donors (Lipinski definition) is 1. The van der Waals surface area contributed by atoms with Crippen molar-refractivity contribution in [3.8, 4) is 10.6 Å². The van der Waals surface area contributed by atoms with Crippen LogP contribution >= 0.6 is 11.3 Å². The zero-order valence-corrected chi connectivity index (χ0v) is 15.5. The predicted molar refractivity (Wildman–Crippen MR) is 102 cm³/mol. The van der Waals surface area contributed by atoms with Gasteiger partial charge in [0.05, 0.1) is 17.6 Å². The number of carbonyl (C=O) groups is 1. The predicted octanol–water partition coefficient (Wildman–Crippen LogP) is 4.24. The van der Waals surface area contributed by atoms with Crippen LogP contribution in [0.1, 0.15) is 53.4 Å². The summed E-state index contributed by atoms with van der Waals surface area (Å²) in [5.74, 6) is 0.307. The molecule has 6 nitrogen and oxygen atoms in total. The number of aromatic nitrogens is 4. The van der Waals surface area contributed by atoms with Crippen LogP contribution in [0.3, 0.4) is 0 Å². The zero-order valence-electron chi connectivity index (χ0n) is 14.7. The summed E-state index contributed by atoms with van der Waals surface area (Å²) in [4.78, 5) is 21.7. The van der Waals surface area contributed by atoms with Gasteiger partial charge in [-0.1, -0.05) is 19.3 Å². The Kier molecular flexibility index (Phi) is 4.79. The lowest BCUT2D eigenvalue weighted by Crippen LogP contribution is -2.13. The molecule has 1 fully saturated rings. The molecule has 0 aliphatic heterocycles. The van der Waals surface area contributed by atoms with Gasteiger partial charge in [-0.3, -0.25) is 14.5 Å². The molecule has 134 valence electrons. The fourth-order valence-corrected chi connectivity index (χ4v) is 4.29. The molecule has 1 N–H and O–H groups in total. The van der Waals surface area contributed by atoms with Crippen LogP contribution in [0.4, 0.5) is 5.69 Å². The summed E-state index contributed by atoms with van der Waals surface area (Å²) < 4.78 is 1.79. The highest BCUT2D eigenvalue weighted by molar-refractivity contribution is 7.17. The number of anilines is 1. The van der Waals surface area contributed by atoms with Gasteiger partial charge in [0.1, 0.15) is 9.88 Å². The van der Waals surface area contributed by atoms with Gasteiger partial charge in [0.25, 0.3) is 5.91 Å². The average Bonchev–Trinajstić information content (AvgIpc) is 3.30. The maximum Gasteiger partial charge on any atom is 0.267 e. The number of nitrogens with one attached hydrogen (secondary N) is 1. The highest BCUT2D eigenvalue weighted by atomic mass is 32.1. The van der Waals surface area contributed by atoms with Crippen LogP contribution in [0.2, 0.25) is 0 Å². The Morgan fingerprint density at radius 1 is 1.23 bits per heavy atom. The maximum absolute atomic E-state index is 12.7. The van der Waals surface area contributed by atoms with Crippen LogP contribution in [0.25, 0.3) is 10.6 Å². The summed E-state index contributed by atoms with van der Waals surface area (Å²) in [5, 5.41) is 8.48. The SMILES string of the molecule is Cn1cc(NC(=O)c2cnc(-c3ccncc3)s2)c(C2CCCCC2)n1. The molecular weight excluding hydrogens is 346 g/mol. The maximum atomic E-state index is 12.7. The largest absolute Gasteiger partial charge is 0.318 e. The van der Waals surface area contributed by atoms with E-state index in [1.54, 1.807) is 23.3 Å². The van der Waals surface area contributed by atoms with Crippen molar-refractivity contribution in [2.24, 2.45) is 7.05 Å². The minimum absolute atomic E-state index is 0.132. The first-order valence-corrected chi connectivity index (χ1v) is 9.73. The summed E-state index contributed by atoms with van der Waals surface area (Å²) >= 11 is 1.38. The van der Waals surface area contributed by atoms with Gasteiger partial charge in [0, 0.05) is 37.1 Å². The minimum atomic E-state index is -0.132. The molecule has 0 saturated heterocycles. The van der Waals surface area contributed by atoms with E-state index in [2.05, 4.69) is 20.4 Å². The van der Waals surface area contributed by atoms with Crippen LogP contribution < -0.4 is 5.32 Å². The van der Waals surface area contributed by atoms with Gasteiger partial charge in [-0.25, -0.2) is 4.98 Å². The van der Waals surface area contributed by atoms with Crippen LogP contribution in [0.15, 0.2) is 36.9 Å². The first-order valence-electron chi connectivity index (χ1n) is 8.92. The minimum Gasteiger partial charge on any atom is -0.318 e. The van der Waals surface area contributed by atoms with E-state index < -0.39 is 0 Å². The molecule has 26 heavy (non-hydrogen) atoms. The van der Waals surface area contributed by atoms with E-state index in [4.69, 9.17) is 0 Å². The summed E-state index contributed by atoms with van der Waals surface area (Å²) in [5.41, 5.74) is 2.80. The summed E-state index contributed by atoms with van der Waals surface area (Å²) in [6.07, 6.45) is 13.0. The Labute approximate surface area is 156 Å². The van der Waals surface area contributed by atoms with Gasteiger partial charge in [-0.15, -0.1) is 11.3 Å². The van der Waals surface area contributed by atoms with Crippen LogP contribution in [0, 0.1) is 0 Å². The zero-order chi connectivity index (χ0) is 17.9. The van der Waals surface area contributed by atoms with Crippen LogP contribution in [-0.4, -0.2) is 25.7 Å². The molecule has 4 rings (SSSR count). The number of hydrogen-bond acceptors (Lipinski definition) is 5. The second-order valence-electron chi connectivity index (χ2n) is 6.66. The lowest BCUT2D eigenvalue weighted by Gasteiger charge is -2.20. The van der Waals surface area contributed by atoms with Crippen molar-refractivity contribution in [1.29, 1.82) is 0 Å². The highest BCUT2D eigenvalue weighted by Crippen LogP contribution is 2.35. The van der Waals surface area contributed by atoms with Gasteiger partial charge in [-0.05, 0) is 25.0 Å². The second kappa shape index (κ2) is 7.37. The quantitative estimate of drug-likeness (QED) is 0.749. The van der Waals surface area contributed by atoms with Crippen molar-refractivity contribution in [3.63, 3.8) is 0 Å². The summed E-state index contributed by atoms with van der Waals surface area (Å²) in [6, 6.07) is 3.78. The summed E-state index contributed by atoms with van der Waals surface area (Å²) in [7, 11) is 1.90. The fourth-order valence-electron chi connectivity index (χ4n) is 3.47. The van der Waals surface area contributed by atoms with E-state index in [9.17, 15) is 4.79 Å². The molecule has 0 bridgehead atoms. The Morgan fingerprint density at radius 2 is 2.00 bits per heavy atom. The smallest absolute Gasteiger partial charge is 0.267 e. The van der Waals surface area contributed by atoms with Crippen molar-refractivity contribution in [1.82, 2.24) is 19.7 Å². The Balaban J connectivity index is 1.53. The third-order valence-corrected chi connectivity index (χ3v) is 5.80. The molecule has 0 radical (unpaired) electrons. The lowest BCUT2D eigenvalue weighted by atomic mass is 9.86. The van der Waals surface area contributed by atoms with Gasteiger partial charge < -0.3 is 5.32 Å². The van der Waals surface area contributed by atoms with Crippen LogP contribution in [0.5, 0.6) is 0 Å². The van der Waals surface area contributed by atoms with E-state index in [1.807, 2.05) is 25.4 Å². The number of thiazole rings is 1. The number of rotatable bonds is 4. The van der Waals surface area contributed by atoms with Gasteiger partial charge >= 0.3 is 0 Å². The van der Waals surface area contributed by atoms with Gasteiger partial charge in [0.15, 0.2) is 0 Å². The molecule has 3 heterocycles.